The van der Waals surface area contributed by atoms with Gasteiger partial charge >= 0.3 is 18.1 Å². The molecule has 2 saturated heterocycles. The van der Waals surface area contributed by atoms with Crippen LogP contribution in [0.15, 0.2) is 0 Å². The Kier molecular flexibility index (Phi) is 4.82. The number of aliphatic hydroxyl groups is 3. The Morgan fingerprint density at radius 3 is 2.00 bits per heavy atom. The molecule has 0 aromatic rings. The fraction of sp³-hybridized carbons (Fsp3) is 0.500. The monoisotopic (exact) mass is 346 g/mol. The molecule has 2 fully saturated rings. The maximum Gasteiger partial charge on any atom is 0.328 e. The van der Waals surface area contributed by atoms with Gasteiger partial charge in [-0.05, 0) is 0 Å². The molecule has 0 spiro atoms. The second kappa shape index (κ2) is 6.65. The molecule has 24 heavy (non-hydrogen) atoms. The van der Waals surface area contributed by atoms with Crippen LogP contribution < -0.4 is 16.0 Å². The van der Waals surface area contributed by atoms with Crippen LogP contribution in [0.4, 0.5) is 14.4 Å². The van der Waals surface area contributed by atoms with Gasteiger partial charge in [0.15, 0.2) is 12.3 Å². The molecule has 2 rings (SSSR count). The predicted molar refractivity (Wildman–Crippen MR) is 70.0 cm³/mol. The second-order valence-corrected chi connectivity index (χ2v) is 4.61. The minimum Gasteiger partial charge on any atom is -0.376 e. The molecule has 2 heterocycles. The van der Waals surface area contributed by atoms with Crippen molar-refractivity contribution in [2.75, 3.05) is 20.2 Å². The first kappa shape index (κ1) is 17.4. The number of nitrogens with zero attached hydrogens (tertiary/aromatic N) is 3. The number of imide groups is 2. The van der Waals surface area contributed by atoms with Gasteiger partial charge in [-0.25, -0.2) is 24.2 Å². The normalized spacial score (nSPS) is 23.5. The van der Waals surface area contributed by atoms with Gasteiger partial charge in [0.1, 0.15) is 20.2 Å². The lowest BCUT2D eigenvalue weighted by Gasteiger charge is -2.26. The van der Waals surface area contributed by atoms with Crippen LogP contribution >= 0.6 is 0 Å². The number of nitrogens with one attached hydrogen (secondary N) is 3. The lowest BCUT2D eigenvalue weighted by Crippen LogP contribution is -2.58. The second-order valence-electron chi connectivity index (χ2n) is 4.61. The number of amides is 8. The molecule has 0 aromatic heterocycles. The smallest absolute Gasteiger partial charge is 0.328 e. The van der Waals surface area contributed by atoms with E-state index >= 15 is 0 Å². The molecule has 2 unspecified atom stereocenters. The number of carbonyl (C=O) groups is 5. The number of hydrogen-bond acceptors (Lipinski definition) is 8. The van der Waals surface area contributed by atoms with Gasteiger partial charge in [0.25, 0.3) is 11.8 Å². The minimum absolute atomic E-state index is 0.399. The molecule has 6 N–H and O–H groups in total. The van der Waals surface area contributed by atoms with Crippen LogP contribution in [0, 0.1) is 0 Å². The molecular formula is C10H14N6O8. The van der Waals surface area contributed by atoms with Gasteiger partial charge < -0.3 is 31.3 Å². The van der Waals surface area contributed by atoms with E-state index < -0.39 is 62.4 Å². The molecule has 132 valence electrons. The Hall–Kier alpha value is -2.97. The predicted octanol–water partition coefficient (Wildman–Crippen LogP) is -4.40. The summed E-state index contributed by atoms with van der Waals surface area (Å²) in [6.07, 6.45) is -3.12. The van der Waals surface area contributed by atoms with Gasteiger partial charge in [0.2, 0.25) is 0 Å². The zero-order valence-electron chi connectivity index (χ0n) is 12.0. The molecular weight excluding hydrogens is 332 g/mol. The minimum atomic E-state index is -1.60. The molecule has 14 heteroatoms. The van der Waals surface area contributed by atoms with Crippen molar-refractivity contribution < 1.29 is 39.3 Å². The Morgan fingerprint density at radius 1 is 1.00 bits per heavy atom. The van der Waals surface area contributed by atoms with Crippen molar-refractivity contribution in [3.8, 4) is 0 Å². The average Bonchev–Trinajstić information content (AvgIpc) is 2.96. The van der Waals surface area contributed by atoms with Crippen molar-refractivity contribution in [3.63, 3.8) is 0 Å². The molecule has 0 aliphatic carbocycles. The van der Waals surface area contributed by atoms with Gasteiger partial charge in [-0.3, -0.25) is 14.5 Å². The van der Waals surface area contributed by atoms with Crippen molar-refractivity contribution in [1.29, 1.82) is 0 Å². The van der Waals surface area contributed by atoms with Crippen LogP contribution in [0.3, 0.4) is 0 Å². The third kappa shape index (κ3) is 2.80. The zero-order chi connectivity index (χ0) is 18.0. The first-order chi connectivity index (χ1) is 11.3. The topological polar surface area (TPSA) is 192 Å². The fourth-order valence-corrected chi connectivity index (χ4v) is 2.07. The summed E-state index contributed by atoms with van der Waals surface area (Å²) in [6, 6.07) is -3.08. The van der Waals surface area contributed by atoms with Crippen LogP contribution in [0.2, 0.25) is 0 Å². The van der Waals surface area contributed by atoms with Crippen LogP contribution in [0.5, 0.6) is 0 Å². The summed E-state index contributed by atoms with van der Waals surface area (Å²) in [5.41, 5.74) is 0. The van der Waals surface area contributed by atoms with Gasteiger partial charge in [-0.1, -0.05) is 0 Å². The van der Waals surface area contributed by atoms with Gasteiger partial charge in [0.05, 0.1) is 0 Å². The molecule has 0 aromatic carbocycles. The van der Waals surface area contributed by atoms with Crippen LogP contribution in [-0.2, 0) is 9.59 Å². The highest BCUT2D eigenvalue weighted by Crippen LogP contribution is 2.11. The van der Waals surface area contributed by atoms with E-state index in [9.17, 15) is 29.1 Å². The Balaban J connectivity index is 2.08. The number of hydrogen-bond donors (Lipinski definition) is 6. The fourth-order valence-electron chi connectivity index (χ4n) is 2.07. The quantitative estimate of drug-likeness (QED) is 0.212. The van der Waals surface area contributed by atoms with E-state index in [1.54, 1.807) is 0 Å². The highest BCUT2D eigenvalue weighted by molar-refractivity contribution is 6.06. The molecule has 0 saturated carbocycles. The lowest BCUT2D eigenvalue weighted by molar-refractivity contribution is -0.133. The van der Waals surface area contributed by atoms with Gasteiger partial charge in [-0.2, -0.15) is 0 Å². The van der Waals surface area contributed by atoms with Crippen LogP contribution in [0.25, 0.3) is 0 Å². The summed E-state index contributed by atoms with van der Waals surface area (Å²) >= 11 is 0. The van der Waals surface area contributed by atoms with Crippen molar-refractivity contribution in [3.05, 3.63) is 0 Å². The highest BCUT2D eigenvalue weighted by Gasteiger charge is 2.45. The van der Waals surface area contributed by atoms with E-state index in [1.807, 2.05) is 5.32 Å². The third-order valence-electron chi connectivity index (χ3n) is 3.31. The molecule has 8 amide bonds. The molecule has 0 bridgehead atoms. The molecule has 14 nitrogen and oxygen atoms in total. The number of carbonyl (C=O) groups excluding carboxylic acids is 5. The number of aliphatic hydroxyl groups excluding tert-OH is 3. The summed E-state index contributed by atoms with van der Waals surface area (Å²) in [5.74, 6) is -1.95. The van der Waals surface area contributed by atoms with E-state index in [4.69, 9.17) is 10.2 Å². The molecule has 0 radical (unpaired) electrons. The van der Waals surface area contributed by atoms with E-state index in [1.165, 1.54) is 0 Å². The van der Waals surface area contributed by atoms with Gasteiger partial charge in [-0.15, -0.1) is 0 Å². The number of rotatable bonds is 5. The van der Waals surface area contributed by atoms with E-state index in [0.717, 1.165) is 0 Å². The molecule has 2 atom stereocenters. The van der Waals surface area contributed by atoms with Crippen molar-refractivity contribution >= 4 is 29.9 Å². The molecule has 2 aliphatic rings. The van der Waals surface area contributed by atoms with Crippen molar-refractivity contribution in [2.24, 2.45) is 0 Å². The first-order valence-corrected chi connectivity index (χ1v) is 6.49. The zero-order valence-corrected chi connectivity index (χ0v) is 12.0. The van der Waals surface area contributed by atoms with E-state index in [-0.39, 0.29) is 0 Å². The summed E-state index contributed by atoms with van der Waals surface area (Å²) in [5, 5.41) is 33.2. The Bertz CT molecular complexity index is 596. The SMILES string of the molecule is O=C1NC(NC(=O)N(CO)C2NC(=O)N(CO)C2=O)C(=O)N1CO. The average molecular weight is 346 g/mol. The summed E-state index contributed by atoms with van der Waals surface area (Å²) < 4.78 is 0. The Labute approximate surface area is 133 Å². The maximum absolute atomic E-state index is 12.1. The molecule has 2 aliphatic heterocycles. The third-order valence-corrected chi connectivity index (χ3v) is 3.31. The summed E-state index contributed by atoms with van der Waals surface area (Å²) in [6.45, 7) is -2.84. The standard InChI is InChI=1S/C10H14N6O8/c17-1-14(5-7(21)16(3-19)10(24)13-5)8(22)11-4-6(20)15(2-18)9(23)12-4/h4-5,17-19H,1-3H2,(H,11,22)(H,12,23)(H,13,24). The largest absolute Gasteiger partial charge is 0.376 e. The van der Waals surface area contributed by atoms with Crippen LogP contribution in [-0.4, -0.2) is 92.5 Å². The first-order valence-electron chi connectivity index (χ1n) is 6.49. The highest BCUT2D eigenvalue weighted by atomic mass is 16.3. The lowest BCUT2D eigenvalue weighted by atomic mass is 10.4. The maximum atomic E-state index is 12.1. The van der Waals surface area contributed by atoms with E-state index in [0.29, 0.717) is 14.7 Å². The Morgan fingerprint density at radius 2 is 1.54 bits per heavy atom. The summed E-state index contributed by atoms with van der Waals surface area (Å²) in [7, 11) is 0. The van der Waals surface area contributed by atoms with Crippen molar-refractivity contribution in [2.45, 2.75) is 12.3 Å². The van der Waals surface area contributed by atoms with Crippen LogP contribution in [0.1, 0.15) is 0 Å². The summed E-state index contributed by atoms with van der Waals surface area (Å²) in [4.78, 5) is 59.8. The van der Waals surface area contributed by atoms with E-state index in [2.05, 4.69) is 10.6 Å². The van der Waals surface area contributed by atoms with Gasteiger partial charge in [0, 0.05) is 0 Å². The number of urea groups is 3. The van der Waals surface area contributed by atoms with Crippen molar-refractivity contribution in [1.82, 2.24) is 30.7 Å².